The highest BCUT2D eigenvalue weighted by atomic mass is 79.9. The second-order valence-electron chi connectivity index (χ2n) is 5.42. The molecule has 0 atom stereocenters. The van der Waals surface area contributed by atoms with Crippen LogP contribution in [0.15, 0.2) is 85.7 Å². The minimum Gasteiger partial charge on any atom is -0.494 e. The molecule has 0 saturated heterocycles. The van der Waals surface area contributed by atoms with Crippen molar-refractivity contribution in [1.82, 2.24) is 0 Å². The van der Waals surface area contributed by atoms with Gasteiger partial charge in [0.25, 0.3) is 0 Å². The standard InChI is InChI=1S/C21H16Br2N2O/c1-26-21-11-10-17(24-13-15-6-2-4-8-18(15)22)12-20(21)25-14-16-7-3-5-9-19(16)23/h2-14H,1H3. The molecule has 0 spiro atoms. The average Bonchev–Trinajstić information content (AvgIpc) is 2.67. The van der Waals surface area contributed by atoms with Crippen LogP contribution in [0.5, 0.6) is 5.75 Å². The van der Waals surface area contributed by atoms with Gasteiger partial charge in [-0.1, -0.05) is 68.3 Å². The summed E-state index contributed by atoms with van der Waals surface area (Å²) in [5, 5.41) is 0. The van der Waals surface area contributed by atoms with E-state index < -0.39 is 0 Å². The number of rotatable bonds is 5. The van der Waals surface area contributed by atoms with Crippen molar-refractivity contribution in [3.63, 3.8) is 0 Å². The van der Waals surface area contributed by atoms with Crippen molar-refractivity contribution >= 4 is 55.7 Å². The fourth-order valence-corrected chi connectivity index (χ4v) is 3.08. The first-order valence-electron chi connectivity index (χ1n) is 7.92. The third-order valence-electron chi connectivity index (χ3n) is 3.67. The fourth-order valence-electron chi connectivity index (χ4n) is 2.30. The van der Waals surface area contributed by atoms with Crippen molar-refractivity contribution < 1.29 is 4.74 Å². The van der Waals surface area contributed by atoms with Crippen LogP contribution in [0.3, 0.4) is 0 Å². The molecule has 130 valence electrons. The van der Waals surface area contributed by atoms with E-state index in [1.165, 1.54) is 0 Å². The van der Waals surface area contributed by atoms with Crippen LogP contribution in [0.1, 0.15) is 11.1 Å². The first-order chi connectivity index (χ1) is 12.7. The number of benzene rings is 3. The Morgan fingerprint density at radius 1 is 0.769 bits per heavy atom. The maximum Gasteiger partial charge on any atom is 0.144 e. The first-order valence-corrected chi connectivity index (χ1v) is 9.51. The van der Waals surface area contributed by atoms with Crippen LogP contribution < -0.4 is 4.74 Å². The van der Waals surface area contributed by atoms with E-state index in [2.05, 4.69) is 41.8 Å². The van der Waals surface area contributed by atoms with E-state index in [1.54, 1.807) is 7.11 Å². The molecule has 0 saturated carbocycles. The van der Waals surface area contributed by atoms with E-state index in [1.807, 2.05) is 79.2 Å². The molecule has 0 aliphatic rings. The van der Waals surface area contributed by atoms with Gasteiger partial charge < -0.3 is 4.74 Å². The summed E-state index contributed by atoms with van der Waals surface area (Å²) in [5.74, 6) is 0.702. The Bertz CT molecular complexity index is 968. The van der Waals surface area contributed by atoms with Gasteiger partial charge in [-0.15, -0.1) is 0 Å². The Kier molecular flexibility index (Phi) is 6.36. The number of hydrogen-bond acceptors (Lipinski definition) is 3. The second-order valence-corrected chi connectivity index (χ2v) is 7.12. The Morgan fingerprint density at radius 2 is 1.35 bits per heavy atom. The molecule has 0 fully saturated rings. The molecule has 0 aromatic heterocycles. The summed E-state index contributed by atoms with van der Waals surface area (Å²) in [4.78, 5) is 9.13. The van der Waals surface area contributed by atoms with Crippen LogP contribution in [0.2, 0.25) is 0 Å². The summed E-state index contributed by atoms with van der Waals surface area (Å²) >= 11 is 7.05. The fraction of sp³-hybridized carbons (Fsp3) is 0.0476. The summed E-state index contributed by atoms with van der Waals surface area (Å²) in [7, 11) is 1.64. The molecule has 0 unspecified atom stereocenters. The number of aliphatic imine (C=N–C) groups is 2. The Morgan fingerprint density at radius 3 is 1.92 bits per heavy atom. The van der Waals surface area contributed by atoms with E-state index in [9.17, 15) is 0 Å². The molecule has 26 heavy (non-hydrogen) atoms. The van der Waals surface area contributed by atoms with Gasteiger partial charge in [-0.05, 0) is 30.3 Å². The summed E-state index contributed by atoms with van der Waals surface area (Å²) in [5.41, 5.74) is 3.55. The summed E-state index contributed by atoms with van der Waals surface area (Å²) in [6.07, 6.45) is 3.64. The monoisotopic (exact) mass is 470 g/mol. The van der Waals surface area contributed by atoms with Crippen LogP contribution in [0, 0.1) is 0 Å². The normalized spacial score (nSPS) is 11.3. The zero-order valence-corrected chi connectivity index (χ0v) is 17.2. The maximum absolute atomic E-state index is 5.42. The minimum absolute atomic E-state index is 0.702. The molecule has 0 heterocycles. The van der Waals surface area contributed by atoms with E-state index in [0.717, 1.165) is 31.4 Å². The zero-order chi connectivity index (χ0) is 18.4. The van der Waals surface area contributed by atoms with Gasteiger partial charge in [-0.3, -0.25) is 9.98 Å². The van der Waals surface area contributed by atoms with E-state index >= 15 is 0 Å². The number of methoxy groups -OCH3 is 1. The van der Waals surface area contributed by atoms with E-state index in [-0.39, 0.29) is 0 Å². The van der Waals surface area contributed by atoms with Crippen molar-refractivity contribution in [2.75, 3.05) is 7.11 Å². The highest BCUT2D eigenvalue weighted by molar-refractivity contribution is 9.10. The van der Waals surface area contributed by atoms with Gasteiger partial charge in [0.2, 0.25) is 0 Å². The van der Waals surface area contributed by atoms with Crippen molar-refractivity contribution in [3.05, 3.63) is 86.8 Å². The van der Waals surface area contributed by atoms with Crippen LogP contribution in [-0.4, -0.2) is 19.5 Å². The van der Waals surface area contributed by atoms with Crippen LogP contribution in [-0.2, 0) is 0 Å². The number of halogens is 2. The molecular weight excluding hydrogens is 456 g/mol. The third-order valence-corrected chi connectivity index (χ3v) is 5.11. The SMILES string of the molecule is COc1ccc(N=Cc2ccccc2Br)cc1N=Cc1ccccc1Br. The highest BCUT2D eigenvalue weighted by Gasteiger charge is 2.03. The minimum atomic E-state index is 0.702. The van der Waals surface area contributed by atoms with Gasteiger partial charge in [0, 0.05) is 32.5 Å². The predicted molar refractivity (Wildman–Crippen MR) is 116 cm³/mol. The van der Waals surface area contributed by atoms with Gasteiger partial charge in [0.05, 0.1) is 12.8 Å². The summed E-state index contributed by atoms with van der Waals surface area (Å²) < 4.78 is 7.41. The molecule has 0 aliphatic heterocycles. The zero-order valence-electron chi connectivity index (χ0n) is 14.1. The molecule has 3 nitrogen and oxygen atoms in total. The maximum atomic E-state index is 5.42. The molecule has 0 radical (unpaired) electrons. The molecule has 0 amide bonds. The van der Waals surface area contributed by atoms with Gasteiger partial charge in [-0.25, -0.2) is 0 Å². The largest absolute Gasteiger partial charge is 0.494 e. The Balaban J connectivity index is 1.89. The molecule has 5 heteroatoms. The molecule has 3 rings (SSSR count). The van der Waals surface area contributed by atoms with Crippen LogP contribution >= 0.6 is 31.9 Å². The predicted octanol–water partition coefficient (Wildman–Crippen LogP) is 6.72. The van der Waals surface area contributed by atoms with Crippen molar-refractivity contribution in [2.45, 2.75) is 0 Å². The molecule has 3 aromatic carbocycles. The lowest BCUT2D eigenvalue weighted by atomic mass is 10.2. The lowest BCUT2D eigenvalue weighted by Crippen LogP contribution is -1.86. The molecule has 3 aromatic rings. The number of nitrogens with zero attached hydrogens (tertiary/aromatic N) is 2. The van der Waals surface area contributed by atoms with Gasteiger partial charge in [0.15, 0.2) is 0 Å². The smallest absolute Gasteiger partial charge is 0.144 e. The first kappa shape index (κ1) is 18.5. The quantitative estimate of drug-likeness (QED) is 0.380. The van der Waals surface area contributed by atoms with Crippen LogP contribution in [0.4, 0.5) is 11.4 Å². The molecule has 0 bridgehead atoms. The topological polar surface area (TPSA) is 34.0 Å². The van der Waals surface area contributed by atoms with Crippen molar-refractivity contribution in [2.24, 2.45) is 9.98 Å². The van der Waals surface area contributed by atoms with Crippen LogP contribution in [0.25, 0.3) is 0 Å². The molecular formula is C21H16Br2N2O. The Hall–Kier alpha value is -2.24. The summed E-state index contributed by atoms with van der Waals surface area (Å²) in [6, 6.07) is 21.6. The average molecular weight is 472 g/mol. The van der Waals surface area contributed by atoms with Gasteiger partial charge >= 0.3 is 0 Å². The molecule has 0 N–H and O–H groups in total. The Labute approximate surface area is 169 Å². The third kappa shape index (κ3) is 4.68. The van der Waals surface area contributed by atoms with E-state index in [4.69, 9.17) is 4.74 Å². The van der Waals surface area contributed by atoms with E-state index in [0.29, 0.717) is 5.75 Å². The van der Waals surface area contributed by atoms with Crippen molar-refractivity contribution in [1.29, 1.82) is 0 Å². The van der Waals surface area contributed by atoms with Gasteiger partial charge in [0.1, 0.15) is 11.4 Å². The number of hydrogen-bond donors (Lipinski definition) is 0. The second kappa shape index (κ2) is 8.92. The number of ether oxygens (including phenoxy) is 1. The van der Waals surface area contributed by atoms with Gasteiger partial charge in [-0.2, -0.15) is 0 Å². The lowest BCUT2D eigenvalue weighted by molar-refractivity contribution is 0.416. The lowest BCUT2D eigenvalue weighted by Gasteiger charge is -2.05. The van der Waals surface area contributed by atoms with Crippen molar-refractivity contribution in [3.8, 4) is 5.75 Å². The molecule has 0 aliphatic carbocycles. The highest BCUT2D eigenvalue weighted by Crippen LogP contribution is 2.32. The summed E-state index contributed by atoms with van der Waals surface area (Å²) in [6.45, 7) is 0.